The minimum absolute atomic E-state index is 0.482. The predicted octanol–water partition coefficient (Wildman–Crippen LogP) is 3.96. The number of fused-ring (bicyclic) bond motifs is 1. The van der Waals surface area contributed by atoms with Gasteiger partial charge in [-0.15, -0.1) is 0 Å². The molecule has 0 bridgehead atoms. The number of carbonyl (C=O) groups is 1. The highest BCUT2D eigenvalue weighted by Crippen LogP contribution is 2.26. The van der Waals surface area contributed by atoms with E-state index < -0.39 is 0 Å². The van der Waals surface area contributed by atoms with Crippen LogP contribution in [0.25, 0.3) is 22.6 Å². The summed E-state index contributed by atoms with van der Waals surface area (Å²) in [6, 6.07) is 12.4. The molecule has 0 aliphatic carbocycles. The molecule has 0 aliphatic rings. The van der Waals surface area contributed by atoms with Crippen molar-refractivity contribution in [1.82, 2.24) is 4.98 Å². The van der Waals surface area contributed by atoms with E-state index in [1.165, 1.54) is 0 Å². The van der Waals surface area contributed by atoms with Gasteiger partial charge in [-0.3, -0.25) is 4.79 Å². The largest absolute Gasteiger partial charge is 0.436 e. The van der Waals surface area contributed by atoms with Gasteiger partial charge in [0.25, 0.3) is 0 Å². The van der Waals surface area contributed by atoms with Gasteiger partial charge in [0, 0.05) is 16.1 Å². The summed E-state index contributed by atoms with van der Waals surface area (Å²) in [5.74, 6) is 0.482. The van der Waals surface area contributed by atoms with Crippen LogP contribution in [0.1, 0.15) is 10.4 Å². The number of aldehydes is 1. The van der Waals surface area contributed by atoms with Crippen LogP contribution in [0.2, 0.25) is 5.02 Å². The van der Waals surface area contributed by atoms with Crippen molar-refractivity contribution in [2.45, 2.75) is 0 Å². The first-order valence-corrected chi connectivity index (χ1v) is 5.76. The quantitative estimate of drug-likeness (QED) is 0.653. The Hall–Kier alpha value is -2.13. The molecule has 2 aromatic carbocycles. The van der Waals surface area contributed by atoms with Crippen molar-refractivity contribution in [3.63, 3.8) is 0 Å². The molecule has 0 aliphatic heterocycles. The van der Waals surface area contributed by atoms with E-state index in [0.29, 0.717) is 27.6 Å². The average Bonchev–Trinajstić information content (AvgIpc) is 2.81. The second-order valence-electron chi connectivity index (χ2n) is 3.87. The molecule has 3 aromatic rings. The monoisotopic (exact) mass is 257 g/mol. The van der Waals surface area contributed by atoms with E-state index in [9.17, 15) is 4.79 Å². The Morgan fingerprint density at radius 3 is 2.89 bits per heavy atom. The molecule has 1 heterocycles. The van der Waals surface area contributed by atoms with Gasteiger partial charge in [0.1, 0.15) is 11.8 Å². The number of oxazole rings is 1. The molecule has 0 amide bonds. The first-order valence-electron chi connectivity index (χ1n) is 5.38. The third-order valence-electron chi connectivity index (χ3n) is 2.62. The molecule has 4 heteroatoms. The van der Waals surface area contributed by atoms with E-state index in [-0.39, 0.29) is 0 Å². The van der Waals surface area contributed by atoms with Crippen LogP contribution in [0.5, 0.6) is 0 Å². The predicted molar refractivity (Wildman–Crippen MR) is 69.8 cm³/mol. The van der Waals surface area contributed by atoms with Gasteiger partial charge < -0.3 is 4.42 Å². The lowest BCUT2D eigenvalue weighted by atomic mass is 10.1. The van der Waals surface area contributed by atoms with Crippen LogP contribution in [-0.2, 0) is 0 Å². The molecule has 0 saturated carbocycles. The Balaban J connectivity index is 2.15. The highest BCUT2D eigenvalue weighted by molar-refractivity contribution is 6.31. The van der Waals surface area contributed by atoms with Crippen molar-refractivity contribution in [2.75, 3.05) is 0 Å². The molecule has 0 N–H and O–H groups in total. The molecule has 0 spiro atoms. The van der Waals surface area contributed by atoms with Crippen LogP contribution < -0.4 is 0 Å². The van der Waals surface area contributed by atoms with Gasteiger partial charge in [-0.1, -0.05) is 23.7 Å². The Morgan fingerprint density at radius 1 is 1.17 bits per heavy atom. The number of hydrogen-bond donors (Lipinski definition) is 0. The van der Waals surface area contributed by atoms with Crippen LogP contribution in [0, 0.1) is 0 Å². The average molecular weight is 258 g/mol. The lowest BCUT2D eigenvalue weighted by Crippen LogP contribution is -1.81. The summed E-state index contributed by atoms with van der Waals surface area (Å²) in [5.41, 5.74) is 2.74. The Labute approximate surface area is 108 Å². The Bertz CT molecular complexity index is 733. The molecule has 0 fully saturated rings. The molecule has 0 radical (unpaired) electrons. The normalized spacial score (nSPS) is 10.7. The van der Waals surface area contributed by atoms with E-state index in [1.54, 1.807) is 36.4 Å². The SMILES string of the molecule is O=Cc1cccc(-c2nc3cc(Cl)ccc3o2)c1. The first-order chi connectivity index (χ1) is 8.76. The molecule has 3 nitrogen and oxygen atoms in total. The van der Waals surface area contributed by atoms with E-state index in [0.717, 1.165) is 11.8 Å². The molecule has 18 heavy (non-hydrogen) atoms. The van der Waals surface area contributed by atoms with Crippen molar-refractivity contribution in [3.05, 3.63) is 53.1 Å². The molecule has 0 unspecified atom stereocenters. The van der Waals surface area contributed by atoms with E-state index in [4.69, 9.17) is 16.0 Å². The van der Waals surface area contributed by atoms with Gasteiger partial charge in [-0.2, -0.15) is 0 Å². The number of carbonyl (C=O) groups excluding carboxylic acids is 1. The van der Waals surface area contributed by atoms with Crippen LogP contribution in [-0.4, -0.2) is 11.3 Å². The van der Waals surface area contributed by atoms with Crippen molar-refractivity contribution < 1.29 is 9.21 Å². The summed E-state index contributed by atoms with van der Waals surface area (Å²) in [7, 11) is 0. The maximum absolute atomic E-state index is 10.7. The molecule has 0 saturated heterocycles. The zero-order valence-electron chi connectivity index (χ0n) is 9.26. The van der Waals surface area contributed by atoms with Gasteiger partial charge in [-0.25, -0.2) is 4.98 Å². The third kappa shape index (κ3) is 1.89. The number of aromatic nitrogens is 1. The lowest BCUT2D eigenvalue weighted by Gasteiger charge is -1.95. The van der Waals surface area contributed by atoms with Gasteiger partial charge in [0.2, 0.25) is 5.89 Å². The number of halogens is 1. The summed E-state index contributed by atoms with van der Waals surface area (Å²) < 4.78 is 5.62. The topological polar surface area (TPSA) is 43.1 Å². The Kier molecular flexibility index (Phi) is 2.61. The second-order valence-corrected chi connectivity index (χ2v) is 4.31. The number of hydrogen-bond acceptors (Lipinski definition) is 3. The van der Waals surface area contributed by atoms with Gasteiger partial charge in [-0.05, 0) is 30.3 Å². The van der Waals surface area contributed by atoms with Crippen molar-refractivity contribution in [2.24, 2.45) is 0 Å². The van der Waals surface area contributed by atoms with Gasteiger partial charge in [0.05, 0.1) is 0 Å². The van der Waals surface area contributed by atoms with Gasteiger partial charge in [0.15, 0.2) is 5.58 Å². The summed E-state index contributed by atoms with van der Waals surface area (Å²) in [4.78, 5) is 15.1. The van der Waals surface area contributed by atoms with Crippen molar-refractivity contribution in [1.29, 1.82) is 0 Å². The lowest BCUT2D eigenvalue weighted by molar-refractivity contribution is 0.112. The fourth-order valence-corrected chi connectivity index (χ4v) is 1.94. The third-order valence-corrected chi connectivity index (χ3v) is 2.85. The van der Waals surface area contributed by atoms with E-state index in [2.05, 4.69) is 4.98 Å². The first kappa shape index (κ1) is 11.0. The number of rotatable bonds is 2. The molecule has 88 valence electrons. The summed E-state index contributed by atoms with van der Waals surface area (Å²) in [5, 5.41) is 0.615. The maximum atomic E-state index is 10.7. The zero-order chi connectivity index (χ0) is 12.5. The zero-order valence-corrected chi connectivity index (χ0v) is 10.0. The van der Waals surface area contributed by atoms with Crippen LogP contribution in [0.4, 0.5) is 0 Å². The maximum Gasteiger partial charge on any atom is 0.227 e. The van der Waals surface area contributed by atoms with Gasteiger partial charge >= 0.3 is 0 Å². The Morgan fingerprint density at radius 2 is 2.06 bits per heavy atom. The molecular weight excluding hydrogens is 250 g/mol. The summed E-state index contributed by atoms with van der Waals surface area (Å²) in [6.07, 6.45) is 0.795. The van der Waals surface area contributed by atoms with Crippen LogP contribution in [0.15, 0.2) is 46.9 Å². The number of nitrogens with zero attached hydrogens (tertiary/aromatic N) is 1. The second kappa shape index (κ2) is 4.27. The molecular formula is C14H8ClNO2. The minimum atomic E-state index is 0.482. The minimum Gasteiger partial charge on any atom is -0.436 e. The van der Waals surface area contributed by atoms with E-state index in [1.807, 2.05) is 6.07 Å². The summed E-state index contributed by atoms with van der Waals surface area (Å²) in [6.45, 7) is 0. The fourth-order valence-electron chi connectivity index (χ4n) is 1.77. The summed E-state index contributed by atoms with van der Waals surface area (Å²) >= 11 is 5.89. The smallest absolute Gasteiger partial charge is 0.227 e. The highest BCUT2D eigenvalue weighted by atomic mass is 35.5. The van der Waals surface area contributed by atoms with E-state index >= 15 is 0 Å². The molecule has 3 rings (SSSR count). The van der Waals surface area contributed by atoms with Crippen molar-refractivity contribution in [3.8, 4) is 11.5 Å². The molecule has 1 aromatic heterocycles. The highest BCUT2D eigenvalue weighted by Gasteiger charge is 2.08. The number of benzene rings is 2. The standard InChI is InChI=1S/C14H8ClNO2/c15-11-4-5-13-12(7-11)16-14(18-13)10-3-1-2-9(6-10)8-17/h1-8H. The van der Waals surface area contributed by atoms with Crippen LogP contribution >= 0.6 is 11.6 Å². The fraction of sp³-hybridized carbons (Fsp3) is 0. The van der Waals surface area contributed by atoms with Crippen molar-refractivity contribution >= 4 is 29.0 Å². The molecule has 0 atom stereocenters. The van der Waals surface area contributed by atoms with Crippen LogP contribution in [0.3, 0.4) is 0 Å².